The monoisotopic (exact) mass is 328 g/mol. The third kappa shape index (κ3) is 5.42. The van der Waals surface area contributed by atoms with E-state index in [0.717, 1.165) is 25.8 Å². The van der Waals surface area contributed by atoms with E-state index in [9.17, 15) is 13.2 Å². The van der Waals surface area contributed by atoms with Gasteiger partial charge in [0.2, 0.25) is 15.9 Å². The van der Waals surface area contributed by atoms with Crippen LogP contribution in [-0.4, -0.2) is 54.3 Å². The molecule has 0 aromatic carbocycles. The Labute approximate surface area is 131 Å². The van der Waals surface area contributed by atoms with Gasteiger partial charge in [0, 0.05) is 45.0 Å². The van der Waals surface area contributed by atoms with Crippen molar-refractivity contribution >= 4 is 15.9 Å². The van der Waals surface area contributed by atoms with Crippen LogP contribution >= 0.6 is 0 Å². The lowest BCUT2D eigenvalue weighted by Crippen LogP contribution is -2.43. The fourth-order valence-corrected chi connectivity index (χ4v) is 3.62. The summed E-state index contributed by atoms with van der Waals surface area (Å²) in [5.41, 5.74) is 0. The number of nitrogens with zero attached hydrogens (tertiary/aromatic N) is 3. The second-order valence-electron chi connectivity index (χ2n) is 5.81. The second-order valence-corrected chi connectivity index (χ2v) is 7.79. The van der Waals surface area contributed by atoms with Gasteiger partial charge in [-0.25, -0.2) is 12.7 Å². The highest BCUT2D eigenvalue weighted by molar-refractivity contribution is 7.88. The van der Waals surface area contributed by atoms with Crippen LogP contribution in [0.5, 0.6) is 0 Å². The Morgan fingerprint density at radius 3 is 2.95 bits per heavy atom. The van der Waals surface area contributed by atoms with Crippen molar-refractivity contribution in [2.45, 2.75) is 32.2 Å². The predicted octanol–water partition coefficient (Wildman–Crippen LogP) is 0.451. The number of hydrogen-bond donors (Lipinski definition) is 1. The number of carbonyl (C=O) groups excluding carboxylic acids is 1. The van der Waals surface area contributed by atoms with Gasteiger partial charge in [0.15, 0.2) is 0 Å². The number of nitrogens with one attached hydrogen (secondary N) is 1. The van der Waals surface area contributed by atoms with Crippen molar-refractivity contribution in [2.24, 2.45) is 5.92 Å². The lowest BCUT2D eigenvalue weighted by atomic mass is 10.00. The first kappa shape index (κ1) is 17.0. The summed E-state index contributed by atoms with van der Waals surface area (Å²) in [6.45, 7) is 2.37. The van der Waals surface area contributed by atoms with E-state index in [1.807, 2.05) is 12.3 Å². The summed E-state index contributed by atoms with van der Waals surface area (Å²) in [6, 6.07) is 1.86. The van der Waals surface area contributed by atoms with Crippen LogP contribution in [-0.2, 0) is 21.4 Å². The van der Waals surface area contributed by atoms with Gasteiger partial charge in [-0.05, 0) is 31.2 Å². The molecule has 7 nitrogen and oxygen atoms in total. The normalized spacial score (nSPS) is 20.0. The van der Waals surface area contributed by atoms with Crippen LogP contribution in [0.2, 0.25) is 0 Å². The molecule has 1 aliphatic rings. The third-order valence-corrected chi connectivity index (χ3v) is 5.16. The van der Waals surface area contributed by atoms with Crippen LogP contribution in [0.15, 0.2) is 18.5 Å². The van der Waals surface area contributed by atoms with E-state index in [4.69, 9.17) is 0 Å². The van der Waals surface area contributed by atoms with Gasteiger partial charge < -0.3 is 5.32 Å². The van der Waals surface area contributed by atoms with Crippen molar-refractivity contribution in [1.29, 1.82) is 0 Å². The highest BCUT2D eigenvalue weighted by Gasteiger charge is 2.25. The Kier molecular flexibility index (Phi) is 5.96. The van der Waals surface area contributed by atoms with Crippen molar-refractivity contribution in [2.75, 3.05) is 25.9 Å². The molecule has 0 spiro atoms. The van der Waals surface area contributed by atoms with E-state index in [-0.39, 0.29) is 11.8 Å². The summed E-state index contributed by atoms with van der Waals surface area (Å²) in [4.78, 5) is 11.8. The lowest BCUT2D eigenvalue weighted by Gasteiger charge is -2.30. The summed E-state index contributed by atoms with van der Waals surface area (Å²) in [6.07, 6.45) is 7.85. The van der Waals surface area contributed by atoms with Gasteiger partial charge >= 0.3 is 0 Å². The van der Waals surface area contributed by atoms with Gasteiger partial charge in [0.25, 0.3) is 0 Å². The zero-order valence-corrected chi connectivity index (χ0v) is 13.8. The molecule has 124 valence electrons. The van der Waals surface area contributed by atoms with E-state index in [2.05, 4.69) is 10.4 Å². The van der Waals surface area contributed by atoms with E-state index >= 15 is 0 Å². The quantitative estimate of drug-likeness (QED) is 0.788. The Bertz CT molecular complexity index is 571. The number of sulfonamides is 1. The second kappa shape index (κ2) is 7.73. The molecule has 2 heterocycles. The van der Waals surface area contributed by atoms with Gasteiger partial charge in [-0.15, -0.1) is 0 Å². The molecule has 0 radical (unpaired) electrons. The summed E-state index contributed by atoms with van der Waals surface area (Å²) in [5, 5.41) is 7.00. The van der Waals surface area contributed by atoms with Gasteiger partial charge in [0.1, 0.15) is 0 Å². The summed E-state index contributed by atoms with van der Waals surface area (Å²) < 4.78 is 26.4. The Morgan fingerprint density at radius 1 is 1.45 bits per heavy atom. The molecule has 1 unspecified atom stereocenters. The standard InChI is InChI=1S/C14H24N4O3S/c1-22(20,21)18-10-2-5-13(12-18)11-15-14(19)6-3-8-17-9-4-7-16-17/h4,7,9,13H,2-3,5-6,8,10-12H2,1H3,(H,15,19). The maximum atomic E-state index is 11.8. The minimum Gasteiger partial charge on any atom is -0.356 e. The SMILES string of the molecule is CS(=O)(=O)N1CCCC(CNC(=O)CCCn2cccn2)C1. The number of rotatable bonds is 7. The van der Waals surface area contributed by atoms with Crippen molar-refractivity contribution in [1.82, 2.24) is 19.4 Å². The number of hydrogen-bond acceptors (Lipinski definition) is 4. The maximum absolute atomic E-state index is 11.8. The van der Waals surface area contributed by atoms with Crippen LogP contribution in [0.25, 0.3) is 0 Å². The van der Waals surface area contributed by atoms with E-state index in [0.29, 0.717) is 26.1 Å². The van der Waals surface area contributed by atoms with Gasteiger partial charge in [-0.2, -0.15) is 5.10 Å². The fraction of sp³-hybridized carbons (Fsp3) is 0.714. The maximum Gasteiger partial charge on any atom is 0.220 e. The summed E-state index contributed by atoms with van der Waals surface area (Å²) in [7, 11) is -3.13. The molecule has 1 fully saturated rings. The zero-order chi connectivity index (χ0) is 16.0. The fourth-order valence-electron chi connectivity index (χ4n) is 2.68. The lowest BCUT2D eigenvalue weighted by molar-refractivity contribution is -0.121. The third-order valence-electron chi connectivity index (χ3n) is 3.89. The zero-order valence-electron chi connectivity index (χ0n) is 12.9. The van der Waals surface area contributed by atoms with Gasteiger partial charge in [-0.3, -0.25) is 9.48 Å². The highest BCUT2D eigenvalue weighted by Crippen LogP contribution is 2.17. The van der Waals surface area contributed by atoms with E-state index in [1.165, 1.54) is 10.6 Å². The number of carbonyl (C=O) groups is 1. The predicted molar refractivity (Wildman–Crippen MR) is 83.6 cm³/mol. The molecule has 1 N–H and O–H groups in total. The Hall–Kier alpha value is -1.41. The van der Waals surface area contributed by atoms with Crippen molar-refractivity contribution in [3.05, 3.63) is 18.5 Å². The molecular formula is C14H24N4O3S. The van der Waals surface area contributed by atoms with E-state index < -0.39 is 10.0 Å². The highest BCUT2D eigenvalue weighted by atomic mass is 32.2. The number of aromatic nitrogens is 2. The van der Waals surface area contributed by atoms with Crippen molar-refractivity contribution < 1.29 is 13.2 Å². The minimum atomic E-state index is -3.13. The summed E-state index contributed by atoms with van der Waals surface area (Å²) >= 11 is 0. The van der Waals surface area contributed by atoms with Gasteiger partial charge in [-0.1, -0.05) is 0 Å². The van der Waals surface area contributed by atoms with Crippen molar-refractivity contribution in [3.8, 4) is 0 Å². The average molecular weight is 328 g/mol. The number of piperidine rings is 1. The molecule has 1 atom stereocenters. The first-order chi connectivity index (χ1) is 10.4. The van der Waals surface area contributed by atoms with Crippen LogP contribution in [0.1, 0.15) is 25.7 Å². The van der Waals surface area contributed by atoms with Gasteiger partial charge in [0.05, 0.1) is 6.26 Å². The molecular weight excluding hydrogens is 304 g/mol. The molecule has 0 aliphatic carbocycles. The minimum absolute atomic E-state index is 0.0173. The van der Waals surface area contributed by atoms with Crippen LogP contribution in [0.3, 0.4) is 0 Å². The number of amides is 1. The van der Waals surface area contributed by atoms with Crippen LogP contribution in [0, 0.1) is 5.92 Å². The van der Waals surface area contributed by atoms with Crippen LogP contribution in [0.4, 0.5) is 0 Å². The number of aryl methyl sites for hydroxylation is 1. The van der Waals surface area contributed by atoms with Crippen LogP contribution < -0.4 is 5.32 Å². The average Bonchev–Trinajstić information content (AvgIpc) is 2.98. The Morgan fingerprint density at radius 2 is 2.27 bits per heavy atom. The molecule has 1 aromatic heterocycles. The van der Waals surface area contributed by atoms with Crippen molar-refractivity contribution in [3.63, 3.8) is 0 Å². The largest absolute Gasteiger partial charge is 0.356 e. The molecule has 1 saturated heterocycles. The molecule has 2 rings (SSSR count). The first-order valence-electron chi connectivity index (χ1n) is 7.64. The topological polar surface area (TPSA) is 84.3 Å². The smallest absolute Gasteiger partial charge is 0.220 e. The molecule has 0 saturated carbocycles. The molecule has 1 aromatic rings. The Balaban J connectivity index is 1.65. The molecule has 22 heavy (non-hydrogen) atoms. The molecule has 1 aliphatic heterocycles. The summed E-state index contributed by atoms with van der Waals surface area (Å²) in [5.74, 6) is 0.224. The first-order valence-corrected chi connectivity index (χ1v) is 9.49. The molecule has 1 amide bonds. The molecule has 0 bridgehead atoms. The van der Waals surface area contributed by atoms with E-state index in [1.54, 1.807) is 10.9 Å². The molecule has 8 heteroatoms.